The fourth-order valence-electron chi connectivity index (χ4n) is 2.11. The molecule has 0 aliphatic heterocycles. The molecule has 0 spiro atoms. The highest BCUT2D eigenvalue weighted by Crippen LogP contribution is 2.10. The Balaban J connectivity index is 0.000000346. The first-order chi connectivity index (χ1) is 15.9. The summed E-state index contributed by atoms with van der Waals surface area (Å²) in [5.41, 5.74) is 8.31. The van der Waals surface area contributed by atoms with Gasteiger partial charge in [0.15, 0.2) is 0 Å². The zero-order valence-corrected chi connectivity index (χ0v) is 18.7. The lowest BCUT2D eigenvalue weighted by Crippen LogP contribution is -2.31. The van der Waals surface area contributed by atoms with E-state index < -0.39 is 5.91 Å². The molecule has 0 unspecified atom stereocenters. The largest absolute Gasteiger partial charge is 0.497 e. The fourth-order valence-corrected chi connectivity index (χ4v) is 2.11. The van der Waals surface area contributed by atoms with Crippen LogP contribution in [0.1, 0.15) is 30.9 Å². The first-order valence-electron chi connectivity index (χ1n) is 9.77. The van der Waals surface area contributed by atoms with Gasteiger partial charge in [-0.2, -0.15) is 10.2 Å². The smallest absolute Gasteiger partial charge is 0.240 e. The summed E-state index contributed by atoms with van der Waals surface area (Å²) in [5, 5.41) is 7.50. The third kappa shape index (κ3) is 12.3. The number of ether oxygens (including phenoxy) is 2. The molecule has 2 aromatic rings. The second kappa shape index (κ2) is 15.5. The van der Waals surface area contributed by atoms with Crippen molar-refractivity contribution in [3.63, 3.8) is 0 Å². The van der Waals surface area contributed by atoms with E-state index in [1.807, 2.05) is 29.7 Å². The van der Waals surface area contributed by atoms with Crippen molar-refractivity contribution >= 4 is 30.2 Å². The van der Waals surface area contributed by atoms with Gasteiger partial charge in [-0.15, -0.1) is 0 Å². The molecule has 0 bridgehead atoms. The molecule has 5 N–H and O–H groups in total. The van der Waals surface area contributed by atoms with Crippen molar-refractivity contribution in [3.05, 3.63) is 59.7 Å². The molecule has 0 radical (unpaired) electrons. The number of hydrazine groups is 1. The number of methoxy groups -OCH3 is 2. The van der Waals surface area contributed by atoms with E-state index in [9.17, 15) is 14.4 Å². The maximum atomic E-state index is 11.3. The highest BCUT2D eigenvalue weighted by molar-refractivity contribution is 5.85. The van der Waals surface area contributed by atoms with Crippen LogP contribution in [0.2, 0.25) is 0 Å². The molecule has 11 heteroatoms. The third-order valence-electron chi connectivity index (χ3n) is 3.81. The van der Waals surface area contributed by atoms with Crippen molar-refractivity contribution < 1.29 is 23.9 Å². The lowest BCUT2D eigenvalue weighted by atomic mass is 10.2. The number of hydrogen-bond donors (Lipinski definition) is 4. The molecule has 0 heterocycles. The zero-order chi connectivity index (χ0) is 24.5. The molecule has 2 aromatic carbocycles. The Bertz CT molecular complexity index is 943. The second-order valence-corrected chi connectivity index (χ2v) is 6.33. The minimum absolute atomic E-state index is 0.0282. The Labute approximate surface area is 192 Å². The van der Waals surface area contributed by atoms with Crippen LogP contribution in [-0.2, 0) is 14.4 Å². The maximum absolute atomic E-state index is 11.3. The quantitative estimate of drug-likeness (QED) is 0.191. The van der Waals surface area contributed by atoms with E-state index in [1.54, 1.807) is 44.7 Å². The summed E-state index contributed by atoms with van der Waals surface area (Å²) in [6.07, 6.45) is 3.13. The van der Waals surface area contributed by atoms with Gasteiger partial charge in [-0.05, 0) is 59.7 Å². The van der Waals surface area contributed by atoms with Crippen molar-refractivity contribution in [2.45, 2.75) is 19.8 Å². The summed E-state index contributed by atoms with van der Waals surface area (Å²) in [4.78, 5) is 32.6. The van der Waals surface area contributed by atoms with Gasteiger partial charge < -0.3 is 9.47 Å². The predicted molar refractivity (Wildman–Crippen MR) is 125 cm³/mol. The van der Waals surface area contributed by atoms with E-state index in [0.717, 1.165) is 22.6 Å². The summed E-state index contributed by atoms with van der Waals surface area (Å²) in [6.45, 7) is 1.41. The molecule has 0 saturated carbocycles. The van der Waals surface area contributed by atoms with Crippen molar-refractivity contribution in [2.24, 2.45) is 16.0 Å². The van der Waals surface area contributed by atoms with Crippen LogP contribution in [0.3, 0.4) is 0 Å². The topological polar surface area (TPSA) is 156 Å². The van der Waals surface area contributed by atoms with Crippen LogP contribution in [0, 0.1) is 0 Å². The Hall–Kier alpha value is -4.25. The van der Waals surface area contributed by atoms with Gasteiger partial charge in [0, 0.05) is 19.8 Å². The van der Waals surface area contributed by atoms with Crippen molar-refractivity contribution in [1.29, 1.82) is 0 Å². The van der Waals surface area contributed by atoms with E-state index in [2.05, 4.69) is 21.1 Å². The van der Waals surface area contributed by atoms with Gasteiger partial charge >= 0.3 is 0 Å². The SMILES string of the molecule is COc1ccc(/C=N/NC(=O)CCC(=O)NN)cc1.COc1ccc(/C=N/NC(C)=O)cc1. The average molecular weight is 457 g/mol. The molecule has 0 atom stereocenters. The molecule has 0 fully saturated rings. The van der Waals surface area contributed by atoms with E-state index in [0.29, 0.717) is 0 Å². The molecule has 33 heavy (non-hydrogen) atoms. The first kappa shape index (κ1) is 26.8. The summed E-state index contributed by atoms with van der Waals surface area (Å²) in [6, 6.07) is 14.5. The summed E-state index contributed by atoms with van der Waals surface area (Å²) < 4.78 is 10.0. The van der Waals surface area contributed by atoms with Crippen LogP contribution < -0.4 is 31.6 Å². The molecule has 3 amide bonds. The standard InChI is InChI=1S/C12H16N4O3.C10H12N2O2/c1-19-10-4-2-9(3-5-10)8-14-16-12(18)7-6-11(17)15-13;1-8(13)12-11-7-9-3-5-10(14-2)6-4-9/h2-5,8H,6-7,13H2,1H3,(H,15,17)(H,16,18);3-7H,1-2H3,(H,12,13)/b14-8+;11-7+. The number of carbonyl (C=O) groups excluding carboxylic acids is 3. The zero-order valence-electron chi connectivity index (χ0n) is 18.7. The van der Waals surface area contributed by atoms with Gasteiger partial charge in [0.25, 0.3) is 0 Å². The van der Waals surface area contributed by atoms with Crippen molar-refractivity contribution in [1.82, 2.24) is 16.3 Å². The number of nitrogens with two attached hydrogens (primary N) is 1. The summed E-state index contributed by atoms with van der Waals surface area (Å²) in [5.74, 6) is 5.49. The van der Waals surface area contributed by atoms with Crippen LogP contribution >= 0.6 is 0 Å². The summed E-state index contributed by atoms with van der Waals surface area (Å²) >= 11 is 0. The van der Waals surface area contributed by atoms with E-state index in [1.165, 1.54) is 13.1 Å². The molecule has 0 saturated heterocycles. The maximum Gasteiger partial charge on any atom is 0.240 e. The minimum Gasteiger partial charge on any atom is -0.497 e. The average Bonchev–Trinajstić information content (AvgIpc) is 2.83. The molecule has 176 valence electrons. The van der Waals surface area contributed by atoms with Gasteiger partial charge in [0.05, 0.1) is 26.6 Å². The van der Waals surface area contributed by atoms with E-state index in [-0.39, 0.29) is 24.7 Å². The number of hydrazone groups is 2. The van der Waals surface area contributed by atoms with Gasteiger partial charge in [-0.3, -0.25) is 19.8 Å². The lowest BCUT2D eigenvalue weighted by molar-refractivity contribution is -0.126. The molecular weight excluding hydrogens is 428 g/mol. The highest BCUT2D eigenvalue weighted by atomic mass is 16.5. The van der Waals surface area contributed by atoms with Crippen LogP contribution in [0.4, 0.5) is 0 Å². The number of carbonyl (C=O) groups is 3. The normalized spacial score (nSPS) is 10.2. The molecule has 11 nitrogen and oxygen atoms in total. The number of hydrogen-bond acceptors (Lipinski definition) is 8. The number of nitrogens with one attached hydrogen (secondary N) is 3. The molecule has 2 rings (SSSR count). The Morgan fingerprint density at radius 3 is 1.61 bits per heavy atom. The molecule has 0 aliphatic rings. The monoisotopic (exact) mass is 456 g/mol. The Morgan fingerprint density at radius 2 is 1.21 bits per heavy atom. The van der Waals surface area contributed by atoms with Gasteiger partial charge in [-0.1, -0.05) is 0 Å². The number of rotatable bonds is 9. The van der Waals surface area contributed by atoms with Crippen LogP contribution in [0.25, 0.3) is 0 Å². The number of benzene rings is 2. The molecular formula is C22H28N6O5. The fraction of sp³-hybridized carbons (Fsp3) is 0.227. The van der Waals surface area contributed by atoms with Crippen molar-refractivity contribution in [3.8, 4) is 11.5 Å². The van der Waals surface area contributed by atoms with E-state index >= 15 is 0 Å². The Morgan fingerprint density at radius 1 is 0.788 bits per heavy atom. The summed E-state index contributed by atoms with van der Waals surface area (Å²) in [7, 11) is 3.20. The van der Waals surface area contributed by atoms with Crippen LogP contribution in [0.15, 0.2) is 58.7 Å². The number of nitrogens with zero attached hydrogens (tertiary/aromatic N) is 2. The highest BCUT2D eigenvalue weighted by Gasteiger charge is 2.04. The van der Waals surface area contributed by atoms with Gasteiger partial charge in [0.1, 0.15) is 11.5 Å². The van der Waals surface area contributed by atoms with E-state index in [4.69, 9.17) is 15.3 Å². The second-order valence-electron chi connectivity index (χ2n) is 6.33. The van der Waals surface area contributed by atoms with Gasteiger partial charge in [0.2, 0.25) is 17.7 Å². The van der Waals surface area contributed by atoms with Crippen LogP contribution in [-0.4, -0.2) is 44.4 Å². The van der Waals surface area contributed by atoms with Crippen molar-refractivity contribution in [2.75, 3.05) is 14.2 Å². The lowest BCUT2D eigenvalue weighted by Gasteiger charge is -2.00. The molecule has 0 aromatic heterocycles. The predicted octanol–water partition coefficient (Wildman–Crippen LogP) is 1.08. The third-order valence-corrected chi connectivity index (χ3v) is 3.81. The molecule has 0 aliphatic carbocycles. The van der Waals surface area contributed by atoms with Gasteiger partial charge in [-0.25, -0.2) is 16.7 Å². The number of amides is 3. The minimum atomic E-state index is -0.394. The first-order valence-corrected chi connectivity index (χ1v) is 9.77. The Kier molecular flexibility index (Phi) is 12.6. The van der Waals surface area contributed by atoms with Crippen LogP contribution in [0.5, 0.6) is 11.5 Å².